The monoisotopic (exact) mass is 472 g/mol. The van der Waals surface area contributed by atoms with Crippen LogP contribution in [0.5, 0.6) is 0 Å². The average Bonchev–Trinajstić information content (AvgIpc) is 3.49. The van der Waals surface area contributed by atoms with E-state index >= 15 is 0 Å². The molecule has 5 rings (SSSR count). The molecule has 0 bridgehead atoms. The number of carbonyl (C=O) groups is 1. The van der Waals surface area contributed by atoms with Crippen molar-refractivity contribution in [2.24, 2.45) is 0 Å². The third-order valence-corrected chi connectivity index (χ3v) is 6.84. The normalized spacial score (nSPS) is 15.0. The van der Waals surface area contributed by atoms with E-state index in [0.717, 1.165) is 36.0 Å². The Hall–Kier alpha value is -4.08. The van der Waals surface area contributed by atoms with Crippen molar-refractivity contribution in [2.75, 3.05) is 19.8 Å². The van der Waals surface area contributed by atoms with E-state index in [9.17, 15) is 4.79 Å². The summed E-state index contributed by atoms with van der Waals surface area (Å²) in [6, 6.07) is 8.32. The first-order valence-electron chi connectivity index (χ1n) is 11.5. The van der Waals surface area contributed by atoms with Crippen molar-refractivity contribution in [3.8, 4) is 22.6 Å². The SMILES string of the molecule is CN(C)C(=O)C(C)(C)n1cc(-c2nc(C3(c4ccc(-c5cnc(N)nc5)cc4)CCC3)no2)cn1. The number of nitrogens with two attached hydrogens (primary N) is 1. The third-order valence-electron chi connectivity index (χ3n) is 6.84. The Bertz CT molecular complexity index is 1350. The van der Waals surface area contributed by atoms with Gasteiger partial charge in [0.05, 0.1) is 17.2 Å². The molecule has 1 saturated carbocycles. The predicted octanol–water partition coefficient (Wildman–Crippen LogP) is 3.27. The maximum Gasteiger partial charge on any atom is 0.261 e. The van der Waals surface area contributed by atoms with Crippen LogP contribution in [0.15, 0.2) is 53.6 Å². The summed E-state index contributed by atoms with van der Waals surface area (Å²) in [6.45, 7) is 3.66. The van der Waals surface area contributed by atoms with Crippen LogP contribution in [-0.4, -0.2) is 54.8 Å². The minimum atomic E-state index is -0.836. The van der Waals surface area contributed by atoms with Crippen molar-refractivity contribution in [3.05, 3.63) is 60.4 Å². The molecule has 10 heteroatoms. The molecule has 0 atom stereocenters. The molecule has 0 saturated heterocycles. The number of hydrogen-bond donors (Lipinski definition) is 1. The minimum Gasteiger partial charge on any atom is -0.368 e. The summed E-state index contributed by atoms with van der Waals surface area (Å²) < 4.78 is 7.29. The van der Waals surface area contributed by atoms with Crippen LogP contribution in [-0.2, 0) is 15.7 Å². The Morgan fingerprint density at radius 1 is 1.06 bits per heavy atom. The van der Waals surface area contributed by atoms with Crippen molar-refractivity contribution in [3.63, 3.8) is 0 Å². The molecule has 10 nitrogen and oxygen atoms in total. The number of rotatable bonds is 6. The first-order valence-corrected chi connectivity index (χ1v) is 11.5. The summed E-state index contributed by atoms with van der Waals surface area (Å²) >= 11 is 0. The number of hydrogen-bond acceptors (Lipinski definition) is 8. The molecule has 2 N–H and O–H groups in total. The van der Waals surface area contributed by atoms with E-state index in [0.29, 0.717) is 17.3 Å². The maximum absolute atomic E-state index is 12.6. The fraction of sp³-hybridized carbons (Fsp3) is 0.360. The van der Waals surface area contributed by atoms with Crippen LogP contribution in [0, 0.1) is 0 Å². The van der Waals surface area contributed by atoms with Crippen LogP contribution >= 0.6 is 0 Å². The van der Waals surface area contributed by atoms with Gasteiger partial charge in [-0.05, 0) is 37.8 Å². The van der Waals surface area contributed by atoms with E-state index in [2.05, 4.69) is 44.5 Å². The number of anilines is 1. The molecule has 4 aromatic rings. The number of likely N-dealkylation sites (N-methyl/N-ethyl adjacent to an activating group) is 1. The minimum absolute atomic E-state index is 0.0548. The van der Waals surface area contributed by atoms with E-state index in [1.54, 1.807) is 48.5 Å². The highest BCUT2D eigenvalue weighted by Crippen LogP contribution is 2.48. The number of amides is 1. The second-order valence-electron chi connectivity index (χ2n) is 9.70. The average molecular weight is 473 g/mol. The van der Waals surface area contributed by atoms with Crippen LogP contribution in [0.2, 0.25) is 0 Å². The fourth-order valence-corrected chi connectivity index (χ4v) is 4.56. The summed E-state index contributed by atoms with van der Waals surface area (Å²) in [6.07, 6.45) is 9.84. The number of nitrogen functional groups attached to an aromatic ring is 1. The zero-order valence-electron chi connectivity index (χ0n) is 20.3. The molecule has 0 unspecified atom stereocenters. The Balaban J connectivity index is 1.41. The molecule has 1 aromatic carbocycles. The Morgan fingerprint density at radius 2 is 1.74 bits per heavy atom. The molecule has 35 heavy (non-hydrogen) atoms. The van der Waals surface area contributed by atoms with Crippen molar-refractivity contribution in [1.29, 1.82) is 0 Å². The zero-order chi connectivity index (χ0) is 24.8. The van der Waals surface area contributed by atoms with Crippen LogP contribution in [0.25, 0.3) is 22.6 Å². The summed E-state index contributed by atoms with van der Waals surface area (Å²) in [5.74, 6) is 1.26. The first kappa shape index (κ1) is 22.7. The van der Waals surface area contributed by atoms with E-state index < -0.39 is 5.54 Å². The second-order valence-corrected chi connectivity index (χ2v) is 9.70. The standard InChI is InChI=1S/C25H28N8O2/c1-24(2,22(34)32(3)4)33-15-18(14-29-33)20-30-21(31-35-20)25(10-5-11-25)19-8-6-16(7-9-19)17-12-27-23(26)28-13-17/h6-9,12-15H,5,10-11H2,1-4H3,(H2,26,27,28). The van der Waals surface area contributed by atoms with Gasteiger partial charge >= 0.3 is 0 Å². The van der Waals surface area contributed by atoms with E-state index in [-0.39, 0.29) is 17.3 Å². The molecular formula is C25H28N8O2. The number of nitrogens with zero attached hydrogens (tertiary/aromatic N) is 7. The van der Waals surface area contributed by atoms with Gasteiger partial charge in [-0.1, -0.05) is 35.8 Å². The molecule has 1 fully saturated rings. The van der Waals surface area contributed by atoms with Gasteiger partial charge in [-0.3, -0.25) is 9.48 Å². The van der Waals surface area contributed by atoms with Crippen LogP contribution in [0.3, 0.4) is 0 Å². The van der Waals surface area contributed by atoms with Gasteiger partial charge in [0.25, 0.3) is 5.89 Å². The Morgan fingerprint density at radius 3 is 2.34 bits per heavy atom. The molecule has 0 aliphatic heterocycles. The summed E-state index contributed by atoms with van der Waals surface area (Å²) in [5.41, 5.74) is 8.22. The van der Waals surface area contributed by atoms with E-state index in [1.807, 2.05) is 13.8 Å². The van der Waals surface area contributed by atoms with Crippen LogP contribution < -0.4 is 5.73 Å². The second kappa shape index (κ2) is 8.30. The molecule has 0 spiro atoms. The molecule has 1 aliphatic carbocycles. The van der Waals surface area contributed by atoms with Gasteiger partial charge in [0.1, 0.15) is 5.54 Å². The summed E-state index contributed by atoms with van der Waals surface area (Å²) in [7, 11) is 3.46. The van der Waals surface area contributed by atoms with Crippen LogP contribution in [0.1, 0.15) is 44.5 Å². The summed E-state index contributed by atoms with van der Waals surface area (Å²) in [4.78, 5) is 27.0. The van der Waals surface area contributed by atoms with Gasteiger partial charge in [0.2, 0.25) is 11.9 Å². The van der Waals surface area contributed by atoms with Crippen molar-refractivity contribution in [2.45, 2.75) is 44.1 Å². The fourth-order valence-electron chi connectivity index (χ4n) is 4.56. The molecule has 180 valence electrons. The van der Waals surface area contributed by atoms with Gasteiger partial charge in [-0.25, -0.2) is 9.97 Å². The van der Waals surface area contributed by atoms with Crippen molar-refractivity contribution < 1.29 is 9.32 Å². The van der Waals surface area contributed by atoms with Gasteiger partial charge in [-0.2, -0.15) is 10.1 Å². The third kappa shape index (κ3) is 3.84. The molecule has 1 amide bonds. The lowest BCUT2D eigenvalue weighted by Crippen LogP contribution is -2.44. The van der Waals surface area contributed by atoms with Gasteiger partial charge in [-0.15, -0.1) is 0 Å². The highest BCUT2D eigenvalue weighted by Gasteiger charge is 2.44. The molecular weight excluding hydrogens is 444 g/mol. The topological polar surface area (TPSA) is 129 Å². The number of aromatic nitrogens is 6. The van der Waals surface area contributed by atoms with Crippen molar-refractivity contribution >= 4 is 11.9 Å². The van der Waals surface area contributed by atoms with Crippen LogP contribution in [0.4, 0.5) is 5.95 Å². The lowest BCUT2D eigenvalue weighted by Gasteiger charge is -2.39. The number of carbonyl (C=O) groups excluding carboxylic acids is 1. The highest BCUT2D eigenvalue weighted by atomic mass is 16.5. The lowest BCUT2D eigenvalue weighted by molar-refractivity contribution is -0.137. The van der Waals surface area contributed by atoms with E-state index in [1.165, 1.54) is 0 Å². The Labute approximate surface area is 203 Å². The quantitative estimate of drug-likeness (QED) is 0.453. The predicted molar refractivity (Wildman–Crippen MR) is 130 cm³/mol. The largest absolute Gasteiger partial charge is 0.368 e. The number of benzene rings is 1. The van der Waals surface area contributed by atoms with Gasteiger partial charge < -0.3 is 15.2 Å². The maximum atomic E-state index is 12.6. The summed E-state index contributed by atoms with van der Waals surface area (Å²) in [5, 5.41) is 8.75. The molecule has 0 radical (unpaired) electrons. The van der Waals surface area contributed by atoms with Gasteiger partial charge in [0, 0.05) is 38.2 Å². The molecule has 3 heterocycles. The molecule has 1 aliphatic rings. The Kier molecular flexibility index (Phi) is 5.38. The zero-order valence-corrected chi connectivity index (χ0v) is 20.3. The van der Waals surface area contributed by atoms with Crippen molar-refractivity contribution in [1.82, 2.24) is 34.8 Å². The smallest absolute Gasteiger partial charge is 0.261 e. The van der Waals surface area contributed by atoms with E-state index in [4.69, 9.17) is 15.2 Å². The van der Waals surface area contributed by atoms with Gasteiger partial charge in [0.15, 0.2) is 5.82 Å². The highest BCUT2D eigenvalue weighted by molar-refractivity contribution is 5.83. The lowest BCUT2D eigenvalue weighted by atomic mass is 9.64. The first-order chi connectivity index (χ1) is 16.7. The molecule has 3 aromatic heterocycles.